The van der Waals surface area contributed by atoms with Crippen LogP contribution in [0.25, 0.3) is 0 Å². The Kier molecular flexibility index (Phi) is 15.3. The van der Waals surface area contributed by atoms with Crippen molar-refractivity contribution in [3.05, 3.63) is 46.5 Å². The van der Waals surface area contributed by atoms with Gasteiger partial charge in [0.15, 0.2) is 5.72 Å². The highest BCUT2D eigenvalue weighted by atomic mass is 35.5. The van der Waals surface area contributed by atoms with Gasteiger partial charge in [-0.3, -0.25) is 19.7 Å². The third-order valence-electron chi connectivity index (χ3n) is 9.99. The van der Waals surface area contributed by atoms with Gasteiger partial charge in [-0.25, -0.2) is 9.59 Å². The molecule has 2 aliphatic heterocycles. The Morgan fingerprint density at radius 1 is 1.17 bits per heavy atom. The summed E-state index contributed by atoms with van der Waals surface area (Å²) in [5.74, 6) is -4.42. The molecule has 53 heavy (non-hydrogen) atoms. The molecule has 294 valence electrons. The highest BCUT2D eigenvalue weighted by Gasteiger charge is 2.48. The van der Waals surface area contributed by atoms with E-state index < -0.39 is 84.3 Å². The summed E-state index contributed by atoms with van der Waals surface area (Å²) in [5.41, 5.74) is 0.0455. The van der Waals surface area contributed by atoms with Gasteiger partial charge in [-0.05, 0) is 44.4 Å². The van der Waals surface area contributed by atoms with Gasteiger partial charge in [0.25, 0.3) is 0 Å². The molecule has 4 bridgehead atoms. The number of carboxylic acids is 1. The van der Waals surface area contributed by atoms with Gasteiger partial charge in [-0.1, -0.05) is 49.2 Å². The summed E-state index contributed by atoms with van der Waals surface area (Å²) < 4.78 is 22.5. The minimum atomic E-state index is -1.92. The quantitative estimate of drug-likeness (QED) is 0.267. The zero-order valence-corrected chi connectivity index (χ0v) is 32.2. The molecule has 1 saturated heterocycles. The maximum atomic E-state index is 14.0. The Morgan fingerprint density at radius 3 is 2.47 bits per heavy atom. The van der Waals surface area contributed by atoms with E-state index in [1.54, 1.807) is 38.1 Å². The van der Waals surface area contributed by atoms with Crippen molar-refractivity contribution < 1.29 is 58.2 Å². The van der Waals surface area contributed by atoms with E-state index >= 15 is 0 Å². The van der Waals surface area contributed by atoms with Crippen LogP contribution in [0.4, 0.5) is 10.5 Å². The zero-order chi connectivity index (χ0) is 39.8. The molecule has 15 nitrogen and oxygen atoms in total. The molecule has 3 amide bonds. The number of halogens is 1. The summed E-state index contributed by atoms with van der Waals surface area (Å²) in [7, 11) is 5.73. The molecular weight excluding hydrogens is 714 g/mol. The van der Waals surface area contributed by atoms with Gasteiger partial charge in [-0.2, -0.15) is 0 Å². The lowest BCUT2D eigenvalue weighted by Gasteiger charge is -2.43. The number of aliphatic hydroxyl groups is 2. The van der Waals surface area contributed by atoms with Crippen LogP contribution >= 0.6 is 11.6 Å². The molecule has 0 spiro atoms. The van der Waals surface area contributed by atoms with Crippen LogP contribution in [0.1, 0.15) is 65.4 Å². The van der Waals surface area contributed by atoms with Crippen LogP contribution in [0.2, 0.25) is 5.02 Å². The first-order chi connectivity index (χ1) is 24.8. The molecule has 2 heterocycles. The topological polar surface area (TPSA) is 201 Å². The molecule has 1 aromatic rings. The molecular formula is C37H52ClN3O12. The number of aliphatic hydroxyl groups excluding tert-OH is 1. The number of anilines is 1. The van der Waals surface area contributed by atoms with Gasteiger partial charge in [0.1, 0.15) is 35.1 Å². The molecule has 4 N–H and O–H groups in total. The molecule has 2 aliphatic rings. The number of methoxy groups -OCH3 is 2. The number of aliphatic carboxylic acids is 1. The van der Waals surface area contributed by atoms with E-state index in [2.05, 4.69) is 5.32 Å². The lowest BCUT2D eigenvalue weighted by Crippen LogP contribution is -2.64. The van der Waals surface area contributed by atoms with Crippen molar-refractivity contribution in [2.45, 2.75) is 102 Å². The first-order valence-electron chi connectivity index (χ1n) is 17.4. The Labute approximate surface area is 314 Å². The Balaban J connectivity index is 2.07. The van der Waals surface area contributed by atoms with Crippen LogP contribution in [0, 0.1) is 11.8 Å². The Morgan fingerprint density at radius 2 is 1.85 bits per heavy atom. The maximum Gasteiger partial charge on any atom is 0.409 e. The largest absolute Gasteiger partial charge is 0.495 e. The van der Waals surface area contributed by atoms with Crippen LogP contribution < -0.4 is 15.0 Å². The fourth-order valence-electron chi connectivity index (χ4n) is 6.38. The number of allylic oxidation sites excluding steroid dienone is 3. The highest BCUT2D eigenvalue weighted by Crippen LogP contribution is 2.38. The van der Waals surface area contributed by atoms with Crippen LogP contribution in [0.15, 0.2) is 35.9 Å². The van der Waals surface area contributed by atoms with Gasteiger partial charge < -0.3 is 44.1 Å². The molecule has 8 atom stereocenters. The van der Waals surface area contributed by atoms with Gasteiger partial charge in [-0.15, -0.1) is 0 Å². The standard InChI is InChI=1S/C37H52ClN3O12/c1-20-11-9-12-29(51-8)37(49)19-28(53-36(48)39-37)22(3)34(46)21(2)26(52-35(47)23(4)40(5)30(42)13-10-14-32(44)45)18-31(43)41(6)25-16-24(15-20)17-27(50-7)33(25)38/h9,11-12,16-17,21-23,26,28-29,34,46,49H,10,13-15,18-19H2,1-8H3,(H,39,48)(H,44,45)/b12-9+,20-11+/t21-,22-,23+,26+,28+,29-,34+,37+/m1/s1. The minimum absolute atomic E-state index is 0.0764. The monoisotopic (exact) mass is 765 g/mol. The predicted molar refractivity (Wildman–Crippen MR) is 194 cm³/mol. The molecule has 0 saturated carbocycles. The summed E-state index contributed by atoms with van der Waals surface area (Å²) >= 11 is 6.70. The van der Waals surface area contributed by atoms with Crippen LogP contribution in [0.5, 0.6) is 5.75 Å². The summed E-state index contributed by atoms with van der Waals surface area (Å²) in [6, 6.07) is 2.35. The van der Waals surface area contributed by atoms with Crippen molar-refractivity contribution in [3.63, 3.8) is 0 Å². The van der Waals surface area contributed by atoms with E-state index in [4.69, 9.17) is 35.7 Å². The SMILES string of the molecule is COc1cc2cc(c1Cl)N(C)C(=O)C[C@H](OC(=O)[C@H](C)N(C)C(=O)CCCC(=O)O)[C@@H](C)[C@H](O)[C@H](C)[C@@H]1C[C@@](O)(NC(=O)O1)[C@H](OC)/C=C/C=C(\C)C2. The number of nitrogens with one attached hydrogen (secondary N) is 1. The number of amides is 3. The number of carbonyl (C=O) groups is 5. The third-order valence-corrected chi connectivity index (χ3v) is 10.4. The van der Waals surface area contributed by atoms with Crippen LogP contribution in [0.3, 0.4) is 0 Å². The number of benzene rings is 1. The highest BCUT2D eigenvalue weighted by molar-refractivity contribution is 6.35. The minimum Gasteiger partial charge on any atom is -0.495 e. The number of carbonyl (C=O) groups excluding carboxylic acids is 4. The van der Waals surface area contributed by atoms with Crippen molar-refractivity contribution in [2.75, 3.05) is 33.2 Å². The van der Waals surface area contributed by atoms with Gasteiger partial charge in [0, 0.05) is 52.3 Å². The van der Waals surface area contributed by atoms with Crippen molar-refractivity contribution in [3.8, 4) is 5.75 Å². The number of esters is 1. The van der Waals surface area contributed by atoms with Crippen LogP contribution in [-0.2, 0) is 39.8 Å². The zero-order valence-electron chi connectivity index (χ0n) is 31.5. The van der Waals surface area contributed by atoms with E-state index in [1.165, 1.54) is 40.1 Å². The number of fused-ring (bicyclic) bond motifs is 4. The Hall–Kier alpha value is -4.18. The van der Waals surface area contributed by atoms with Gasteiger partial charge in [0.2, 0.25) is 11.8 Å². The van der Waals surface area contributed by atoms with E-state index in [-0.39, 0.29) is 30.7 Å². The number of nitrogens with zero attached hydrogens (tertiary/aromatic N) is 2. The van der Waals surface area contributed by atoms with Crippen LogP contribution in [-0.4, -0.2) is 115 Å². The van der Waals surface area contributed by atoms with E-state index in [9.17, 15) is 34.2 Å². The predicted octanol–water partition coefficient (Wildman–Crippen LogP) is 3.61. The summed E-state index contributed by atoms with van der Waals surface area (Å²) in [5, 5.41) is 34.9. The summed E-state index contributed by atoms with van der Waals surface area (Å²) in [6.45, 7) is 6.49. The fourth-order valence-corrected chi connectivity index (χ4v) is 6.69. The number of hydrogen-bond donors (Lipinski definition) is 4. The van der Waals surface area contributed by atoms with Crippen molar-refractivity contribution >= 4 is 47.1 Å². The van der Waals surface area contributed by atoms with E-state index in [0.717, 1.165) is 16.0 Å². The van der Waals surface area contributed by atoms with Crippen molar-refractivity contribution in [1.29, 1.82) is 0 Å². The second kappa shape index (κ2) is 18.7. The number of alkyl carbamates (subject to hydrolysis) is 1. The smallest absolute Gasteiger partial charge is 0.409 e. The molecule has 0 aliphatic carbocycles. The molecule has 1 aromatic carbocycles. The molecule has 0 aromatic heterocycles. The molecule has 3 rings (SSSR count). The fraction of sp³-hybridized carbons (Fsp3) is 0.595. The number of carboxylic acid groups (broad SMARTS) is 1. The first-order valence-corrected chi connectivity index (χ1v) is 17.8. The molecule has 0 radical (unpaired) electrons. The third kappa shape index (κ3) is 10.9. The molecule has 16 heteroatoms. The second-order valence-corrected chi connectivity index (χ2v) is 14.2. The van der Waals surface area contributed by atoms with Gasteiger partial charge in [0.05, 0.1) is 25.3 Å². The number of likely N-dealkylation sites (N-methyl/N-ethyl adjacent to an activating group) is 1. The number of rotatable bonds is 9. The summed E-state index contributed by atoms with van der Waals surface area (Å²) in [4.78, 5) is 66.5. The first kappa shape index (κ1) is 43.2. The maximum absolute atomic E-state index is 14.0. The lowest BCUT2D eigenvalue weighted by atomic mass is 9.81. The van der Waals surface area contributed by atoms with E-state index in [0.29, 0.717) is 17.9 Å². The summed E-state index contributed by atoms with van der Waals surface area (Å²) in [6.07, 6.45) is -0.951. The Bertz CT molecular complexity index is 1580. The number of hydrogen-bond acceptors (Lipinski definition) is 11. The van der Waals surface area contributed by atoms with Crippen molar-refractivity contribution in [2.24, 2.45) is 11.8 Å². The van der Waals surface area contributed by atoms with Crippen molar-refractivity contribution in [1.82, 2.24) is 10.2 Å². The molecule has 1 fully saturated rings. The van der Waals surface area contributed by atoms with Gasteiger partial charge >= 0.3 is 18.0 Å². The average Bonchev–Trinajstić information content (AvgIpc) is 3.10. The second-order valence-electron chi connectivity index (χ2n) is 13.8. The lowest BCUT2D eigenvalue weighted by molar-refractivity contribution is -0.167. The normalized spacial score (nSPS) is 29.1. The molecule has 0 unspecified atom stereocenters. The number of ether oxygens (including phenoxy) is 4. The van der Waals surface area contributed by atoms with E-state index in [1.807, 2.05) is 13.0 Å². The average molecular weight is 766 g/mol.